The molecule has 2 heterocycles. The van der Waals surface area contributed by atoms with Crippen molar-refractivity contribution in [2.45, 2.75) is 33.3 Å². The largest absolute Gasteiger partial charge is 0.442 e. The Kier molecular flexibility index (Phi) is 3.38. The average Bonchev–Trinajstić information content (AvgIpc) is 2.77. The first-order valence-corrected chi connectivity index (χ1v) is 6.06. The Balaban J connectivity index is 2.19. The highest BCUT2D eigenvalue weighted by molar-refractivity contribution is 5.72. The van der Waals surface area contributed by atoms with E-state index < -0.39 is 11.7 Å². The van der Waals surface area contributed by atoms with Gasteiger partial charge in [-0.25, -0.2) is 4.79 Å². The van der Waals surface area contributed by atoms with Crippen LogP contribution >= 0.6 is 0 Å². The van der Waals surface area contributed by atoms with Crippen LogP contribution in [0.3, 0.4) is 0 Å². The Morgan fingerprint density at radius 1 is 1.21 bits per heavy atom. The van der Waals surface area contributed by atoms with Gasteiger partial charge in [0.1, 0.15) is 5.60 Å². The lowest BCUT2D eigenvalue weighted by molar-refractivity contribution is 0.0514. The van der Waals surface area contributed by atoms with Crippen LogP contribution in [0.25, 0.3) is 11.1 Å². The molecule has 0 saturated carbocycles. The molecular weight excluding hydrogens is 242 g/mol. The van der Waals surface area contributed by atoms with Crippen molar-refractivity contribution in [2.24, 2.45) is 0 Å². The predicted molar refractivity (Wildman–Crippen MR) is 71.8 cm³/mol. The van der Waals surface area contributed by atoms with Gasteiger partial charge in [0.25, 0.3) is 0 Å². The number of aromatic nitrogens is 3. The summed E-state index contributed by atoms with van der Waals surface area (Å²) in [6, 6.07) is 3.86. The molecule has 0 N–H and O–H groups in total. The molecule has 2 aromatic rings. The molecule has 0 bridgehead atoms. The van der Waals surface area contributed by atoms with Crippen molar-refractivity contribution in [1.82, 2.24) is 14.8 Å². The molecule has 5 heteroatoms. The Morgan fingerprint density at radius 2 is 1.95 bits per heavy atom. The van der Waals surface area contributed by atoms with Gasteiger partial charge in [-0.05, 0) is 33.8 Å². The van der Waals surface area contributed by atoms with Gasteiger partial charge in [0.2, 0.25) is 0 Å². The lowest BCUT2D eigenvalue weighted by atomic mass is 10.1. The summed E-state index contributed by atoms with van der Waals surface area (Å²) >= 11 is 0. The minimum absolute atomic E-state index is 0.487. The second kappa shape index (κ2) is 4.84. The molecule has 0 atom stereocenters. The van der Waals surface area contributed by atoms with Gasteiger partial charge in [-0.1, -0.05) is 6.07 Å². The van der Waals surface area contributed by atoms with E-state index in [0.29, 0.717) is 0 Å². The summed E-state index contributed by atoms with van der Waals surface area (Å²) in [5.41, 5.74) is 2.16. The first-order chi connectivity index (χ1) is 8.85. The molecule has 0 aliphatic rings. The molecule has 0 aliphatic heterocycles. The summed E-state index contributed by atoms with van der Waals surface area (Å²) in [5.74, 6) is 0. The molecule has 0 amide bonds. The van der Waals surface area contributed by atoms with Crippen LogP contribution < -0.4 is 0 Å². The molecule has 0 spiro atoms. The molecule has 0 radical (unpaired) electrons. The third-order valence-electron chi connectivity index (χ3n) is 2.41. The summed E-state index contributed by atoms with van der Waals surface area (Å²) in [6.45, 7) is 7.38. The monoisotopic (exact) mass is 259 g/mol. The van der Waals surface area contributed by atoms with Crippen LogP contribution in [-0.2, 0) is 4.74 Å². The fourth-order valence-electron chi connectivity index (χ4n) is 1.52. The van der Waals surface area contributed by atoms with Crippen LogP contribution in [0.15, 0.2) is 30.7 Å². The van der Waals surface area contributed by atoms with Gasteiger partial charge in [0, 0.05) is 29.2 Å². The molecule has 19 heavy (non-hydrogen) atoms. The van der Waals surface area contributed by atoms with E-state index in [4.69, 9.17) is 4.74 Å². The lowest BCUT2D eigenvalue weighted by Crippen LogP contribution is -2.27. The Morgan fingerprint density at radius 3 is 2.53 bits per heavy atom. The van der Waals surface area contributed by atoms with E-state index in [1.807, 2.05) is 39.8 Å². The summed E-state index contributed by atoms with van der Waals surface area (Å²) in [5, 5.41) is 4.01. The van der Waals surface area contributed by atoms with E-state index in [9.17, 15) is 4.79 Å². The van der Waals surface area contributed by atoms with E-state index in [1.165, 1.54) is 4.68 Å². The van der Waals surface area contributed by atoms with Gasteiger partial charge in [-0.2, -0.15) is 9.78 Å². The second-order valence-corrected chi connectivity index (χ2v) is 5.34. The molecule has 2 rings (SSSR count). The van der Waals surface area contributed by atoms with Gasteiger partial charge in [-0.3, -0.25) is 4.98 Å². The lowest BCUT2D eigenvalue weighted by Gasteiger charge is -2.18. The van der Waals surface area contributed by atoms with Gasteiger partial charge in [0.05, 0.1) is 6.20 Å². The van der Waals surface area contributed by atoms with E-state index >= 15 is 0 Å². The molecule has 0 aliphatic carbocycles. The Bertz CT molecular complexity index is 579. The number of pyridine rings is 1. The first-order valence-electron chi connectivity index (χ1n) is 6.06. The van der Waals surface area contributed by atoms with Crippen molar-refractivity contribution in [2.75, 3.05) is 0 Å². The quantitative estimate of drug-likeness (QED) is 0.789. The number of hydrogen-bond donors (Lipinski definition) is 0. The van der Waals surface area contributed by atoms with E-state index in [2.05, 4.69) is 10.1 Å². The van der Waals surface area contributed by atoms with Gasteiger partial charge >= 0.3 is 6.09 Å². The smallest absolute Gasteiger partial charge is 0.435 e. The summed E-state index contributed by atoms with van der Waals surface area (Å²) < 4.78 is 6.43. The van der Waals surface area contributed by atoms with E-state index in [0.717, 1.165) is 16.8 Å². The van der Waals surface area contributed by atoms with Gasteiger partial charge in [0.15, 0.2) is 0 Å². The third kappa shape index (κ3) is 3.40. The number of carbonyl (C=O) groups is 1. The maximum absolute atomic E-state index is 11.8. The molecule has 5 nitrogen and oxygen atoms in total. The van der Waals surface area contributed by atoms with Crippen molar-refractivity contribution in [1.29, 1.82) is 0 Å². The van der Waals surface area contributed by atoms with Crippen molar-refractivity contribution in [3.05, 3.63) is 36.4 Å². The summed E-state index contributed by atoms with van der Waals surface area (Å²) in [6.07, 6.45) is 4.53. The maximum Gasteiger partial charge on any atom is 0.435 e. The standard InChI is InChI=1S/C14H17N3O2/c1-10-5-6-11(7-15-10)12-8-16-17(9-12)13(18)19-14(2,3)4/h5-9H,1-4H3. The average molecular weight is 259 g/mol. The Labute approximate surface area is 112 Å². The first kappa shape index (κ1) is 13.3. The minimum atomic E-state index is -0.533. The molecule has 0 saturated heterocycles. The van der Waals surface area contributed by atoms with Crippen LogP contribution in [0, 0.1) is 6.92 Å². The molecule has 0 aromatic carbocycles. The number of nitrogens with zero attached hydrogens (tertiary/aromatic N) is 3. The van der Waals surface area contributed by atoms with Crippen LogP contribution in [0.2, 0.25) is 0 Å². The number of aryl methyl sites for hydroxylation is 1. The van der Waals surface area contributed by atoms with Crippen LogP contribution in [-0.4, -0.2) is 26.5 Å². The summed E-state index contributed by atoms with van der Waals surface area (Å²) in [7, 11) is 0. The highest BCUT2D eigenvalue weighted by atomic mass is 16.6. The van der Waals surface area contributed by atoms with Gasteiger partial charge < -0.3 is 4.74 Å². The SMILES string of the molecule is Cc1ccc(-c2cnn(C(=O)OC(C)(C)C)c2)cn1. The van der Waals surface area contributed by atoms with Crippen molar-refractivity contribution in [3.63, 3.8) is 0 Å². The number of ether oxygens (including phenoxy) is 1. The molecule has 100 valence electrons. The maximum atomic E-state index is 11.8. The Hall–Kier alpha value is -2.17. The minimum Gasteiger partial charge on any atom is -0.442 e. The topological polar surface area (TPSA) is 57.0 Å². The fraction of sp³-hybridized carbons (Fsp3) is 0.357. The highest BCUT2D eigenvalue weighted by Crippen LogP contribution is 2.18. The normalized spacial score (nSPS) is 11.4. The number of hydrogen-bond acceptors (Lipinski definition) is 4. The van der Waals surface area contributed by atoms with Crippen molar-refractivity contribution >= 4 is 6.09 Å². The van der Waals surface area contributed by atoms with E-state index in [1.54, 1.807) is 18.6 Å². The summed E-state index contributed by atoms with van der Waals surface area (Å²) in [4.78, 5) is 16.0. The zero-order valence-electron chi connectivity index (χ0n) is 11.5. The molecule has 0 fully saturated rings. The van der Waals surface area contributed by atoms with Gasteiger partial charge in [-0.15, -0.1) is 0 Å². The molecule has 0 unspecified atom stereocenters. The van der Waals surface area contributed by atoms with E-state index in [-0.39, 0.29) is 0 Å². The molecular formula is C14H17N3O2. The van der Waals surface area contributed by atoms with Crippen LogP contribution in [0.4, 0.5) is 4.79 Å². The van der Waals surface area contributed by atoms with Crippen LogP contribution in [0.1, 0.15) is 26.5 Å². The molecule has 2 aromatic heterocycles. The fourth-order valence-corrected chi connectivity index (χ4v) is 1.52. The van der Waals surface area contributed by atoms with Crippen LogP contribution in [0.5, 0.6) is 0 Å². The zero-order chi connectivity index (χ0) is 14.0. The third-order valence-corrected chi connectivity index (χ3v) is 2.41. The van der Waals surface area contributed by atoms with Crippen molar-refractivity contribution in [3.8, 4) is 11.1 Å². The van der Waals surface area contributed by atoms with Crippen molar-refractivity contribution < 1.29 is 9.53 Å². The second-order valence-electron chi connectivity index (χ2n) is 5.34. The predicted octanol–water partition coefficient (Wildman–Crippen LogP) is 3.04. The number of carbonyl (C=O) groups excluding carboxylic acids is 1. The number of rotatable bonds is 1. The highest BCUT2D eigenvalue weighted by Gasteiger charge is 2.18. The zero-order valence-corrected chi connectivity index (χ0v) is 11.5.